The Kier molecular flexibility index (Phi) is 3.16. The van der Waals surface area contributed by atoms with E-state index in [1.165, 1.54) is 6.26 Å². The summed E-state index contributed by atoms with van der Waals surface area (Å²) in [6, 6.07) is 0. The molecule has 1 aliphatic carbocycles. The molecule has 0 N–H and O–H groups in total. The molecule has 17 heavy (non-hydrogen) atoms. The molecule has 0 amide bonds. The van der Waals surface area contributed by atoms with Crippen LogP contribution >= 0.6 is 0 Å². The van der Waals surface area contributed by atoms with Crippen LogP contribution in [0.3, 0.4) is 0 Å². The second-order valence-electron chi connectivity index (χ2n) is 4.89. The molecule has 0 spiro atoms. The van der Waals surface area contributed by atoms with Crippen LogP contribution in [0.5, 0.6) is 5.75 Å². The number of hydrogen-bond donors (Lipinski definition) is 0. The first kappa shape index (κ1) is 12.4. The summed E-state index contributed by atoms with van der Waals surface area (Å²) in [7, 11) is -2.92. The molecular weight excluding hydrogens is 240 g/mol. The molecule has 0 atom stereocenters. The second kappa shape index (κ2) is 4.33. The Balaban J connectivity index is 1.90. The second-order valence-corrected chi connectivity index (χ2v) is 7.03. The van der Waals surface area contributed by atoms with E-state index in [4.69, 9.17) is 4.74 Å². The SMILES string of the molecule is CCn1cc(OCC2(CS(C)(=O)=O)CC2)cn1. The highest BCUT2D eigenvalue weighted by Gasteiger charge is 2.46. The predicted molar refractivity (Wildman–Crippen MR) is 64.8 cm³/mol. The quantitative estimate of drug-likeness (QED) is 0.766. The van der Waals surface area contributed by atoms with E-state index in [2.05, 4.69) is 5.10 Å². The lowest BCUT2D eigenvalue weighted by molar-refractivity contribution is 0.248. The summed E-state index contributed by atoms with van der Waals surface area (Å²) in [4.78, 5) is 0. The van der Waals surface area contributed by atoms with Crippen molar-refractivity contribution in [2.24, 2.45) is 5.41 Å². The topological polar surface area (TPSA) is 61.2 Å². The molecular formula is C11H18N2O3S. The van der Waals surface area contributed by atoms with Gasteiger partial charge in [0, 0.05) is 18.2 Å². The zero-order chi connectivity index (χ0) is 12.5. The Bertz CT molecular complexity index is 489. The largest absolute Gasteiger partial charge is 0.490 e. The van der Waals surface area contributed by atoms with Crippen LogP contribution in [0.15, 0.2) is 12.4 Å². The van der Waals surface area contributed by atoms with Crippen molar-refractivity contribution < 1.29 is 13.2 Å². The van der Waals surface area contributed by atoms with Gasteiger partial charge in [-0.1, -0.05) is 0 Å². The molecule has 1 saturated carbocycles. The number of aromatic nitrogens is 2. The molecule has 1 aromatic rings. The standard InChI is InChI=1S/C11H18N2O3S/c1-3-13-7-10(6-12-13)16-8-11(4-5-11)9-17(2,14)15/h6-7H,3-5,8-9H2,1-2H3. The maximum Gasteiger partial charge on any atom is 0.157 e. The molecule has 0 bridgehead atoms. The average molecular weight is 258 g/mol. The Labute approximate surface area is 102 Å². The molecule has 0 unspecified atom stereocenters. The zero-order valence-corrected chi connectivity index (χ0v) is 11.0. The summed E-state index contributed by atoms with van der Waals surface area (Å²) in [5, 5.41) is 4.10. The molecule has 5 nitrogen and oxygen atoms in total. The Morgan fingerprint density at radius 2 is 2.24 bits per heavy atom. The van der Waals surface area contributed by atoms with Gasteiger partial charge in [-0.15, -0.1) is 0 Å². The summed E-state index contributed by atoms with van der Waals surface area (Å²) >= 11 is 0. The molecule has 0 radical (unpaired) electrons. The van der Waals surface area contributed by atoms with Crippen molar-refractivity contribution in [1.82, 2.24) is 9.78 Å². The van der Waals surface area contributed by atoms with Gasteiger partial charge in [0.1, 0.15) is 9.84 Å². The Morgan fingerprint density at radius 1 is 1.53 bits per heavy atom. The minimum absolute atomic E-state index is 0.151. The summed E-state index contributed by atoms with van der Waals surface area (Å²) in [6.45, 7) is 3.27. The maximum absolute atomic E-state index is 11.3. The van der Waals surface area contributed by atoms with Gasteiger partial charge < -0.3 is 4.74 Å². The molecule has 0 aromatic carbocycles. The van der Waals surface area contributed by atoms with Crippen LogP contribution in [0.2, 0.25) is 0 Å². The van der Waals surface area contributed by atoms with E-state index in [0.717, 1.165) is 19.4 Å². The third-order valence-electron chi connectivity index (χ3n) is 3.00. The minimum atomic E-state index is -2.92. The van der Waals surface area contributed by atoms with E-state index in [0.29, 0.717) is 12.4 Å². The van der Waals surface area contributed by atoms with Gasteiger partial charge in [0.05, 0.1) is 24.8 Å². The third kappa shape index (κ3) is 3.46. The van der Waals surface area contributed by atoms with Crippen LogP contribution in [0.1, 0.15) is 19.8 Å². The molecule has 1 aliphatic rings. The van der Waals surface area contributed by atoms with Gasteiger partial charge >= 0.3 is 0 Å². The van der Waals surface area contributed by atoms with Crippen LogP contribution < -0.4 is 4.74 Å². The summed E-state index contributed by atoms with van der Waals surface area (Å²) in [5.74, 6) is 0.939. The summed E-state index contributed by atoms with van der Waals surface area (Å²) < 4.78 is 30.0. The first-order valence-corrected chi connectivity index (χ1v) is 7.81. The monoisotopic (exact) mass is 258 g/mol. The van der Waals surface area contributed by atoms with Gasteiger partial charge in [-0.05, 0) is 19.8 Å². The molecule has 0 aliphatic heterocycles. The van der Waals surface area contributed by atoms with Crippen molar-refractivity contribution >= 4 is 9.84 Å². The van der Waals surface area contributed by atoms with Gasteiger partial charge in [0.25, 0.3) is 0 Å². The van der Waals surface area contributed by atoms with Crippen LogP contribution in [0.4, 0.5) is 0 Å². The van der Waals surface area contributed by atoms with E-state index in [-0.39, 0.29) is 11.2 Å². The van der Waals surface area contributed by atoms with Gasteiger partial charge in [-0.25, -0.2) is 8.42 Å². The Hall–Kier alpha value is -1.04. The number of ether oxygens (including phenoxy) is 1. The predicted octanol–water partition coefficient (Wildman–Crippen LogP) is 1.11. The highest BCUT2D eigenvalue weighted by atomic mass is 32.2. The minimum Gasteiger partial charge on any atom is -0.490 e. The number of nitrogens with zero attached hydrogens (tertiary/aromatic N) is 2. The van der Waals surface area contributed by atoms with Gasteiger partial charge in [0.15, 0.2) is 5.75 Å². The van der Waals surface area contributed by atoms with Gasteiger partial charge in [0.2, 0.25) is 0 Å². The van der Waals surface area contributed by atoms with Crippen LogP contribution in [-0.2, 0) is 16.4 Å². The number of sulfone groups is 1. The first-order valence-electron chi connectivity index (χ1n) is 5.75. The average Bonchev–Trinajstić information content (AvgIpc) is 2.81. The number of hydrogen-bond acceptors (Lipinski definition) is 4. The van der Waals surface area contributed by atoms with Crippen molar-refractivity contribution in [3.63, 3.8) is 0 Å². The Morgan fingerprint density at radius 3 is 2.71 bits per heavy atom. The highest BCUT2D eigenvalue weighted by Crippen LogP contribution is 2.46. The first-order chi connectivity index (χ1) is 7.92. The van der Waals surface area contributed by atoms with E-state index >= 15 is 0 Å². The highest BCUT2D eigenvalue weighted by molar-refractivity contribution is 7.90. The summed E-state index contributed by atoms with van der Waals surface area (Å²) in [6.07, 6.45) is 6.64. The molecule has 96 valence electrons. The lowest BCUT2D eigenvalue weighted by Crippen LogP contribution is -2.22. The molecule has 1 aromatic heterocycles. The molecule has 0 saturated heterocycles. The summed E-state index contributed by atoms with van der Waals surface area (Å²) in [5.41, 5.74) is -0.151. The van der Waals surface area contributed by atoms with E-state index in [1.54, 1.807) is 10.9 Å². The molecule has 1 fully saturated rings. The van der Waals surface area contributed by atoms with Crippen molar-refractivity contribution in [3.8, 4) is 5.75 Å². The molecule has 6 heteroatoms. The van der Waals surface area contributed by atoms with Crippen molar-refractivity contribution in [1.29, 1.82) is 0 Å². The van der Waals surface area contributed by atoms with Crippen LogP contribution in [-0.4, -0.2) is 36.8 Å². The number of rotatable bonds is 6. The normalized spacial score (nSPS) is 18.0. The number of aryl methyl sites for hydroxylation is 1. The fraction of sp³-hybridized carbons (Fsp3) is 0.727. The third-order valence-corrected chi connectivity index (χ3v) is 4.14. The maximum atomic E-state index is 11.3. The van der Waals surface area contributed by atoms with Crippen molar-refractivity contribution in [3.05, 3.63) is 12.4 Å². The lowest BCUT2D eigenvalue weighted by Gasteiger charge is -2.13. The van der Waals surface area contributed by atoms with Crippen molar-refractivity contribution in [2.45, 2.75) is 26.3 Å². The van der Waals surface area contributed by atoms with Gasteiger partial charge in [-0.2, -0.15) is 5.10 Å². The van der Waals surface area contributed by atoms with Crippen LogP contribution in [0, 0.1) is 5.41 Å². The zero-order valence-electron chi connectivity index (χ0n) is 10.2. The fourth-order valence-electron chi connectivity index (χ4n) is 1.89. The van der Waals surface area contributed by atoms with E-state index in [1.807, 2.05) is 13.1 Å². The molecule has 1 heterocycles. The van der Waals surface area contributed by atoms with Crippen LogP contribution in [0.25, 0.3) is 0 Å². The van der Waals surface area contributed by atoms with E-state index in [9.17, 15) is 8.42 Å². The van der Waals surface area contributed by atoms with Gasteiger partial charge in [-0.3, -0.25) is 4.68 Å². The van der Waals surface area contributed by atoms with Crippen molar-refractivity contribution in [2.75, 3.05) is 18.6 Å². The smallest absolute Gasteiger partial charge is 0.157 e. The molecule has 2 rings (SSSR count). The van der Waals surface area contributed by atoms with E-state index < -0.39 is 9.84 Å². The lowest BCUT2D eigenvalue weighted by atomic mass is 10.2. The fourth-order valence-corrected chi connectivity index (χ4v) is 3.38.